The number of hydrogen-bond acceptors (Lipinski definition) is 7. The molecule has 1 aliphatic heterocycles. The molecule has 1 aliphatic rings. The first-order valence-corrected chi connectivity index (χ1v) is 6.78. The SMILES string of the molecule is NC(=O)c1c[nH+]c(N2CCOCC2)nc1-c1cnc(N)nc1. The van der Waals surface area contributed by atoms with E-state index >= 15 is 0 Å². The Morgan fingerprint density at radius 3 is 2.59 bits per heavy atom. The van der Waals surface area contributed by atoms with Crippen LogP contribution in [0.4, 0.5) is 11.9 Å². The monoisotopic (exact) mass is 302 g/mol. The van der Waals surface area contributed by atoms with Crippen molar-refractivity contribution < 1.29 is 14.5 Å². The van der Waals surface area contributed by atoms with E-state index in [2.05, 4.69) is 19.9 Å². The minimum Gasteiger partial charge on any atom is -0.375 e. The molecule has 0 aliphatic carbocycles. The lowest BCUT2D eigenvalue weighted by molar-refractivity contribution is -0.368. The van der Waals surface area contributed by atoms with Gasteiger partial charge in [-0.05, 0) is 0 Å². The van der Waals surface area contributed by atoms with Crippen molar-refractivity contribution in [2.24, 2.45) is 5.73 Å². The predicted octanol–water partition coefficient (Wildman–Crippen LogP) is -1.13. The van der Waals surface area contributed by atoms with Gasteiger partial charge in [0.1, 0.15) is 5.56 Å². The highest BCUT2D eigenvalue weighted by Crippen LogP contribution is 2.21. The zero-order valence-corrected chi connectivity index (χ0v) is 11.8. The quantitative estimate of drug-likeness (QED) is 0.732. The van der Waals surface area contributed by atoms with Crippen LogP contribution in [0.25, 0.3) is 11.3 Å². The predicted molar refractivity (Wildman–Crippen MR) is 77.8 cm³/mol. The normalized spacial score (nSPS) is 14.8. The third-order valence-electron chi connectivity index (χ3n) is 3.34. The highest BCUT2D eigenvalue weighted by atomic mass is 16.5. The molecule has 0 aromatic carbocycles. The fraction of sp³-hybridized carbons (Fsp3) is 0.308. The number of nitrogens with two attached hydrogens (primary N) is 2. The fourth-order valence-corrected chi connectivity index (χ4v) is 2.21. The van der Waals surface area contributed by atoms with Crippen molar-refractivity contribution >= 4 is 17.8 Å². The average molecular weight is 302 g/mol. The van der Waals surface area contributed by atoms with Crippen LogP contribution in [0.5, 0.6) is 0 Å². The molecule has 114 valence electrons. The van der Waals surface area contributed by atoms with Crippen molar-refractivity contribution in [2.75, 3.05) is 36.9 Å². The Kier molecular flexibility index (Phi) is 3.79. The number of carbonyl (C=O) groups excluding carboxylic acids is 1. The maximum atomic E-state index is 11.6. The molecule has 0 spiro atoms. The number of ether oxygens (including phenoxy) is 1. The summed E-state index contributed by atoms with van der Waals surface area (Å²) in [6, 6.07) is 0. The van der Waals surface area contributed by atoms with Crippen molar-refractivity contribution in [1.29, 1.82) is 0 Å². The molecule has 0 bridgehead atoms. The molecular formula is C13H16N7O2+. The second kappa shape index (κ2) is 5.90. The van der Waals surface area contributed by atoms with Crippen LogP contribution in [-0.4, -0.2) is 47.2 Å². The first-order chi connectivity index (χ1) is 10.6. The number of aromatic nitrogens is 4. The molecule has 5 N–H and O–H groups in total. The highest BCUT2D eigenvalue weighted by molar-refractivity contribution is 5.98. The lowest BCUT2D eigenvalue weighted by Crippen LogP contribution is -2.40. The molecule has 1 amide bonds. The summed E-state index contributed by atoms with van der Waals surface area (Å²) in [6.45, 7) is 2.70. The van der Waals surface area contributed by atoms with Gasteiger partial charge in [-0.15, -0.1) is 0 Å². The third-order valence-corrected chi connectivity index (χ3v) is 3.34. The molecule has 9 nitrogen and oxygen atoms in total. The molecule has 0 saturated carbocycles. The Balaban J connectivity index is 2.04. The van der Waals surface area contributed by atoms with Crippen molar-refractivity contribution in [1.82, 2.24) is 15.0 Å². The number of amides is 1. The van der Waals surface area contributed by atoms with Gasteiger partial charge in [-0.3, -0.25) is 9.69 Å². The first kappa shape index (κ1) is 14.1. The minimum atomic E-state index is -0.580. The van der Waals surface area contributed by atoms with Crippen molar-refractivity contribution in [3.05, 3.63) is 24.2 Å². The van der Waals surface area contributed by atoms with Gasteiger partial charge in [0.25, 0.3) is 5.91 Å². The molecule has 2 aromatic rings. The van der Waals surface area contributed by atoms with E-state index in [1.807, 2.05) is 4.90 Å². The highest BCUT2D eigenvalue weighted by Gasteiger charge is 2.25. The number of anilines is 2. The summed E-state index contributed by atoms with van der Waals surface area (Å²) in [5.41, 5.74) is 12.2. The molecule has 3 rings (SSSR count). The van der Waals surface area contributed by atoms with Gasteiger partial charge in [0, 0.05) is 12.4 Å². The number of primary amides is 1. The van der Waals surface area contributed by atoms with E-state index in [4.69, 9.17) is 16.2 Å². The van der Waals surface area contributed by atoms with Gasteiger partial charge >= 0.3 is 5.95 Å². The second-order valence-electron chi connectivity index (χ2n) is 4.78. The number of hydrogen-bond donors (Lipinski definition) is 2. The van der Waals surface area contributed by atoms with Crippen molar-refractivity contribution in [3.63, 3.8) is 0 Å². The minimum absolute atomic E-state index is 0.153. The second-order valence-corrected chi connectivity index (χ2v) is 4.78. The summed E-state index contributed by atoms with van der Waals surface area (Å²) in [5, 5.41) is 0. The van der Waals surface area contributed by atoms with E-state index in [1.165, 1.54) is 12.4 Å². The van der Waals surface area contributed by atoms with E-state index in [-0.39, 0.29) is 11.5 Å². The van der Waals surface area contributed by atoms with Gasteiger partial charge in [-0.25, -0.2) is 15.0 Å². The molecule has 0 atom stereocenters. The van der Waals surface area contributed by atoms with Crippen LogP contribution in [-0.2, 0) is 4.74 Å². The molecule has 0 radical (unpaired) electrons. The van der Waals surface area contributed by atoms with Gasteiger partial charge in [-0.1, -0.05) is 4.98 Å². The topological polar surface area (TPSA) is 134 Å². The standard InChI is InChI=1S/C13H15N7O2/c14-11(21)9-7-18-13(20-1-3-22-4-2-20)19-10(9)8-5-16-12(15)17-6-8/h5-7H,1-4H2,(H2,14,21)(H2,15,16,17)/p+1. The molecular weight excluding hydrogens is 286 g/mol. The van der Waals surface area contributed by atoms with Crippen LogP contribution in [0.15, 0.2) is 18.6 Å². The maximum absolute atomic E-state index is 11.6. The number of rotatable bonds is 3. The van der Waals surface area contributed by atoms with Crippen molar-refractivity contribution in [2.45, 2.75) is 0 Å². The van der Waals surface area contributed by atoms with E-state index < -0.39 is 5.91 Å². The fourth-order valence-electron chi connectivity index (χ4n) is 2.21. The van der Waals surface area contributed by atoms with Gasteiger partial charge in [0.05, 0.1) is 38.1 Å². The molecule has 0 unspecified atom stereocenters. The molecule has 22 heavy (non-hydrogen) atoms. The van der Waals surface area contributed by atoms with Crippen LogP contribution in [0, 0.1) is 0 Å². The van der Waals surface area contributed by atoms with Crippen LogP contribution in [0.1, 0.15) is 10.4 Å². The zero-order chi connectivity index (χ0) is 15.5. The average Bonchev–Trinajstić information content (AvgIpc) is 2.56. The number of H-pyrrole nitrogens is 1. The lowest BCUT2D eigenvalue weighted by atomic mass is 10.1. The molecule has 1 fully saturated rings. The Labute approximate surface area is 126 Å². The summed E-state index contributed by atoms with van der Waals surface area (Å²) in [6.07, 6.45) is 4.58. The van der Waals surface area contributed by atoms with E-state index in [1.54, 1.807) is 6.20 Å². The van der Waals surface area contributed by atoms with Crippen LogP contribution >= 0.6 is 0 Å². The Bertz CT molecular complexity index is 683. The molecule has 3 heterocycles. The summed E-state index contributed by atoms with van der Waals surface area (Å²) in [5.74, 6) is 0.212. The van der Waals surface area contributed by atoms with Crippen LogP contribution in [0.3, 0.4) is 0 Å². The summed E-state index contributed by atoms with van der Waals surface area (Å²) in [4.78, 5) is 29.0. The number of nitrogens with zero attached hydrogens (tertiary/aromatic N) is 4. The number of nitrogens with one attached hydrogen (secondary N) is 1. The molecule has 2 aromatic heterocycles. The van der Waals surface area contributed by atoms with Gasteiger partial charge in [-0.2, -0.15) is 0 Å². The first-order valence-electron chi connectivity index (χ1n) is 6.78. The Morgan fingerprint density at radius 1 is 1.27 bits per heavy atom. The van der Waals surface area contributed by atoms with Crippen LogP contribution in [0.2, 0.25) is 0 Å². The van der Waals surface area contributed by atoms with Gasteiger partial charge in [0.2, 0.25) is 5.95 Å². The number of nitrogen functional groups attached to an aromatic ring is 1. The molecule has 1 saturated heterocycles. The van der Waals surface area contributed by atoms with E-state index in [0.717, 1.165) is 13.1 Å². The zero-order valence-electron chi connectivity index (χ0n) is 11.8. The number of carbonyl (C=O) groups is 1. The smallest absolute Gasteiger partial charge is 0.375 e. The Hall–Kier alpha value is -2.81. The summed E-state index contributed by atoms with van der Waals surface area (Å²) >= 11 is 0. The van der Waals surface area contributed by atoms with E-state index in [9.17, 15) is 4.79 Å². The van der Waals surface area contributed by atoms with Gasteiger partial charge in [0.15, 0.2) is 5.69 Å². The number of aromatic amines is 1. The van der Waals surface area contributed by atoms with Gasteiger partial charge < -0.3 is 16.2 Å². The summed E-state index contributed by atoms with van der Waals surface area (Å²) < 4.78 is 5.32. The Morgan fingerprint density at radius 2 is 1.95 bits per heavy atom. The van der Waals surface area contributed by atoms with Crippen LogP contribution < -0.4 is 21.4 Å². The third kappa shape index (κ3) is 2.79. The van der Waals surface area contributed by atoms with E-state index in [0.29, 0.717) is 30.4 Å². The molecule has 9 heteroatoms. The largest absolute Gasteiger partial charge is 0.392 e. The lowest BCUT2D eigenvalue weighted by Gasteiger charge is -2.21. The number of morpholine rings is 1. The maximum Gasteiger partial charge on any atom is 0.392 e. The van der Waals surface area contributed by atoms with Crippen molar-refractivity contribution in [3.8, 4) is 11.3 Å². The summed E-state index contributed by atoms with van der Waals surface area (Å²) in [7, 11) is 0.